The maximum Gasteiger partial charge on any atom is 0.323 e. The van der Waals surface area contributed by atoms with Crippen LogP contribution in [0.25, 0.3) is 0 Å². The first-order valence-electron chi connectivity index (χ1n) is 11.0. The predicted octanol–water partition coefficient (Wildman–Crippen LogP) is 5.12. The maximum atomic E-state index is 13.0. The van der Waals surface area contributed by atoms with Crippen LogP contribution < -0.4 is 13.8 Å². The second kappa shape index (κ2) is 11.6. The third kappa shape index (κ3) is 6.89. The maximum absolute atomic E-state index is 13.0. The van der Waals surface area contributed by atoms with Crippen LogP contribution in [0.4, 0.5) is 11.4 Å². The fourth-order valence-corrected chi connectivity index (χ4v) is 5.24. The molecule has 0 aromatic heterocycles. The van der Waals surface area contributed by atoms with Crippen LogP contribution in [0.15, 0.2) is 55.1 Å². The minimum atomic E-state index is -3.72. The summed E-state index contributed by atoms with van der Waals surface area (Å²) < 4.78 is 36.0. The van der Waals surface area contributed by atoms with E-state index in [2.05, 4.69) is 23.2 Å². The Balaban J connectivity index is 1.55. The first-order chi connectivity index (χ1) is 15.4. The van der Waals surface area contributed by atoms with Gasteiger partial charge >= 0.3 is 10.2 Å². The summed E-state index contributed by atoms with van der Waals surface area (Å²) in [5.74, 6) is 0.789. The van der Waals surface area contributed by atoms with Crippen LogP contribution in [0.2, 0.25) is 5.02 Å². The summed E-state index contributed by atoms with van der Waals surface area (Å²) in [4.78, 5) is 2.25. The molecule has 0 bridgehead atoms. The van der Waals surface area contributed by atoms with Crippen molar-refractivity contribution in [1.82, 2.24) is 4.90 Å². The molecule has 6 nitrogen and oxygen atoms in total. The second-order valence-corrected chi connectivity index (χ2v) is 10.1. The Hall–Kier alpha value is -2.22. The van der Waals surface area contributed by atoms with Gasteiger partial charge in [0.1, 0.15) is 5.75 Å². The zero-order chi connectivity index (χ0) is 23.0. The molecule has 0 saturated carbocycles. The molecule has 0 fully saturated rings. The molecule has 0 radical (unpaired) electrons. The molecule has 0 saturated heterocycles. The fraction of sp³-hybridized carbons (Fsp3) is 0.417. The Morgan fingerprint density at radius 3 is 2.72 bits per heavy atom. The predicted molar refractivity (Wildman–Crippen MR) is 133 cm³/mol. The standard InChI is InChI=1S/C24H32ClN3O3S/c1-3-15-27(2)16-5-4-6-18-31-23-13-14-24-20(19-23)8-7-17-28(24)32(29,30)26-22-11-9-21(25)10-12-22/h3,9-14,19,26H,1,4-8,15-18H2,2H3. The number of anilines is 2. The van der Waals surface area contributed by atoms with E-state index in [1.165, 1.54) is 4.31 Å². The summed E-state index contributed by atoms with van der Waals surface area (Å²) in [5.41, 5.74) is 2.17. The molecule has 1 aliphatic heterocycles. The van der Waals surface area contributed by atoms with Gasteiger partial charge in [0.25, 0.3) is 0 Å². The molecule has 2 aromatic rings. The highest BCUT2D eigenvalue weighted by molar-refractivity contribution is 7.94. The van der Waals surface area contributed by atoms with Gasteiger partial charge in [-0.15, -0.1) is 6.58 Å². The molecule has 0 spiro atoms. The minimum absolute atomic E-state index is 0.441. The number of ether oxygens (including phenoxy) is 1. The minimum Gasteiger partial charge on any atom is -0.494 e. The van der Waals surface area contributed by atoms with E-state index in [0.29, 0.717) is 29.5 Å². The molecule has 0 unspecified atom stereocenters. The van der Waals surface area contributed by atoms with Gasteiger partial charge in [0.05, 0.1) is 18.0 Å². The van der Waals surface area contributed by atoms with Crippen molar-refractivity contribution in [2.24, 2.45) is 0 Å². The summed E-state index contributed by atoms with van der Waals surface area (Å²) in [7, 11) is -1.63. The van der Waals surface area contributed by atoms with E-state index < -0.39 is 10.2 Å². The van der Waals surface area contributed by atoms with Gasteiger partial charge in [-0.2, -0.15) is 8.42 Å². The number of fused-ring (bicyclic) bond motifs is 1. The lowest BCUT2D eigenvalue weighted by molar-refractivity contribution is 0.295. The van der Waals surface area contributed by atoms with Crippen molar-refractivity contribution in [2.75, 3.05) is 42.3 Å². The summed E-state index contributed by atoms with van der Waals surface area (Å²) in [5, 5.41) is 0.559. The smallest absolute Gasteiger partial charge is 0.323 e. The van der Waals surface area contributed by atoms with Crippen LogP contribution in [-0.4, -0.2) is 46.6 Å². The number of nitrogens with one attached hydrogen (secondary N) is 1. The number of benzene rings is 2. The van der Waals surface area contributed by atoms with E-state index in [-0.39, 0.29) is 0 Å². The molecule has 32 heavy (non-hydrogen) atoms. The highest BCUT2D eigenvalue weighted by atomic mass is 35.5. The van der Waals surface area contributed by atoms with Gasteiger partial charge in [-0.1, -0.05) is 17.7 Å². The molecule has 0 amide bonds. The number of rotatable bonds is 12. The Morgan fingerprint density at radius 2 is 1.97 bits per heavy atom. The first-order valence-corrected chi connectivity index (χ1v) is 12.8. The summed E-state index contributed by atoms with van der Waals surface area (Å²) in [6, 6.07) is 12.3. The summed E-state index contributed by atoms with van der Waals surface area (Å²) >= 11 is 5.89. The molecule has 1 N–H and O–H groups in total. The number of aryl methyl sites for hydroxylation is 1. The second-order valence-electron chi connectivity index (χ2n) is 8.04. The number of nitrogens with zero attached hydrogens (tertiary/aromatic N) is 2. The average Bonchev–Trinajstić information content (AvgIpc) is 2.77. The lowest BCUT2D eigenvalue weighted by Gasteiger charge is -2.31. The van der Waals surface area contributed by atoms with Gasteiger partial charge in [0.15, 0.2) is 0 Å². The van der Waals surface area contributed by atoms with Gasteiger partial charge in [0, 0.05) is 18.1 Å². The Bertz CT molecular complexity index is 996. The molecule has 2 aromatic carbocycles. The van der Waals surface area contributed by atoms with Crippen molar-refractivity contribution in [2.45, 2.75) is 32.1 Å². The third-order valence-electron chi connectivity index (χ3n) is 5.40. The largest absolute Gasteiger partial charge is 0.494 e. The highest BCUT2D eigenvalue weighted by Gasteiger charge is 2.27. The van der Waals surface area contributed by atoms with Gasteiger partial charge in [-0.25, -0.2) is 0 Å². The van der Waals surface area contributed by atoms with Gasteiger partial charge in [0.2, 0.25) is 0 Å². The number of hydrogen-bond acceptors (Lipinski definition) is 4. The molecule has 174 valence electrons. The molecular formula is C24H32ClN3O3S. The third-order valence-corrected chi connectivity index (χ3v) is 7.11. The van der Waals surface area contributed by atoms with E-state index >= 15 is 0 Å². The van der Waals surface area contributed by atoms with Gasteiger partial charge in [-0.05, 0) is 93.7 Å². The fourth-order valence-electron chi connectivity index (χ4n) is 3.76. The summed E-state index contributed by atoms with van der Waals surface area (Å²) in [6.45, 7) is 6.82. The molecule has 1 aliphatic rings. The molecular weight excluding hydrogens is 446 g/mol. The number of hydrogen-bond donors (Lipinski definition) is 1. The van der Waals surface area contributed by atoms with Crippen molar-refractivity contribution in [3.8, 4) is 5.75 Å². The van der Waals surface area contributed by atoms with Crippen molar-refractivity contribution in [1.29, 1.82) is 0 Å². The molecule has 0 atom stereocenters. The zero-order valence-corrected chi connectivity index (χ0v) is 20.2. The topological polar surface area (TPSA) is 61.9 Å². The molecule has 8 heteroatoms. The van der Waals surface area contributed by atoms with Crippen LogP contribution >= 0.6 is 11.6 Å². The van der Waals surface area contributed by atoms with Gasteiger partial charge < -0.3 is 9.64 Å². The van der Waals surface area contributed by atoms with Crippen molar-refractivity contribution < 1.29 is 13.2 Å². The van der Waals surface area contributed by atoms with E-state index in [9.17, 15) is 8.42 Å². The van der Waals surface area contributed by atoms with Crippen molar-refractivity contribution in [3.05, 3.63) is 65.7 Å². The number of likely N-dealkylation sites (N-methyl/N-ethyl adjacent to an activating group) is 1. The van der Waals surface area contributed by atoms with Crippen LogP contribution in [0.1, 0.15) is 31.2 Å². The molecule has 0 aliphatic carbocycles. The number of halogens is 1. The highest BCUT2D eigenvalue weighted by Crippen LogP contribution is 2.33. The molecule has 3 rings (SSSR count). The average molecular weight is 478 g/mol. The number of unbranched alkanes of at least 4 members (excludes halogenated alkanes) is 2. The zero-order valence-electron chi connectivity index (χ0n) is 18.6. The van der Waals surface area contributed by atoms with Gasteiger partial charge in [-0.3, -0.25) is 9.03 Å². The monoisotopic (exact) mass is 477 g/mol. The molecule has 1 heterocycles. The Labute approximate surface area is 197 Å². The SMILES string of the molecule is C=CCN(C)CCCCCOc1ccc2c(c1)CCCN2S(=O)(=O)Nc1ccc(Cl)cc1. The van der Waals surface area contributed by atoms with E-state index in [4.69, 9.17) is 16.3 Å². The lowest BCUT2D eigenvalue weighted by atomic mass is 10.0. The lowest BCUT2D eigenvalue weighted by Crippen LogP contribution is -2.39. The van der Waals surface area contributed by atoms with E-state index in [0.717, 1.165) is 56.5 Å². The Morgan fingerprint density at radius 1 is 1.19 bits per heavy atom. The van der Waals surface area contributed by atoms with Crippen molar-refractivity contribution >= 4 is 33.2 Å². The van der Waals surface area contributed by atoms with E-state index in [1.807, 2.05) is 24.3 Å². The van der Waals surface area contributed by atoms with Crippen LogP contribution in [-0.2, 0) is 16.6 Å². The van der Waals surface area contributed by atoms with Crippen molar-refractivity contribution in [3.63, 3.8) is 0 Å². The Kier molecular flexibility index (Phi) is 8.84. The normalized spacial score (nSPS) is 13.7. The quantitative estimate of drug-likeness (QED) is 0.340. The first kappa shape index (κ1) is 24.4. The van der Waals surface area contributed by atoms with E-state index in [1.54, 1.807) is 24.3 Å². The van der Waals surface area contributed by atoms with Crippen LogP contribution in [0, 0.1) is 0 Å². The van der Waals surface area contributed by atoms with Crippen LogP contribution in [0.5, 0.6) is 5.75 Å². The van der Waals surface area contributed by atoms with Crippen LogP contribution in [0.3, 0.4) is 0 Å². The summed E-state index contributed by atoms with van der Waals surface area (Å²) in [6.07, 6.45) is 6.73.